The fraction of sp³-hybridized carbons (Fsp3) is 0.390. The van der Waals surface area contributed by atoms with Crippen LogP contribution in [0.5, 0.6) is 5.88 Å². The summed E-state index contributed by atoms with van der Waals surface area (Å²) in [6.45, 7) is 8.53. The number of nitrogens with zero attached hydrogens (tertiary/aromatic N) is 8. The van der Waals surface area contributed by atoms with Crippen LogP contribution in [0.3, 0.4) is 0 Å². The first kappa shape index (κ1) is 35.6. The van der Waals surface area contributed by atoms with Crippen LogP contribution in [0.1, 0.15) is 48.8 Å². The van der Waals surface area contributed by atoms with E-state index in [1.165, 1.54) is 0 Å². The van der Waals surface area contributed by atoms with Crippen molar-refractivity contribution >= 4 is 51.8 Å². The van der Waals surface area contributed by atoms with Crippen LogP contribution in [0.2, 0.25) is 0 Å². The van der Waals surface area contributed by atoms with Crippen LogP contribution in [0.25, 0.3) is 22.0 Å². The minimum atomic E-state index is -0.279. The second-order valence-corrected chi connectivity index (χ2v) is 15.0. The van der Waals surface area contributed by atoms with E-state index < -0.39 is 0 Å². The van der Waals surface area contributed by atoms with E-state index in [0.717, 1.165) is 90.1 Å². The number of imide groups is 1. The highest BCUT2D eigenvalue weighted by atomic mass is 16.5. The minimum Gasteiger partial charge on any atom is -0.474 e. The summed E-state index contributed by atoms with van der Waals surface area (Å²) in [7, 11) is 0. The Labute approximate surface area is 324 Å². The lowest BCUT2D eigenvalue weighted by atomic mass is 9.90. The number of piperazine rings is 1. The number of carbonyl (C=O) groups excluding carboxylic acids is 3. The zero-order valence-corrected chi connectivity index (χ0v) is 31.4. The molecule has 7 heterocycles. The van der Waals surface area contributed by atoms with Gasteiger partial charge in [-0.05, 0) is 61.1 Å². The van der Waals surface area contributed by atoms with E-state index in [2.05, 4.69) is 66.9 Å². The Morgan fingerprint density at radius 1 is 0.946 bits per heavy atom. The lowest BCUT2D eigenvalue weighted by Crippen LogP contribution is -2.51. The van der Waals surface area contributed by atoms with Crippen molar-refractivity contribution in [3.05, 3.63) is 78.2 Å². The monoisotopic (exact) mass is 755 g/mol. The zero-order valence-electron chi connectivity index (χ0n) is 31.4. The Balaban J connectivity index is 0.751. The molecule has 0 saturated carbocycles. The second-order valence-electron chi connectivity index (χ2n) is 15.0. The highest BCUT2D eigenvalue weighted by Gasteiger charge is 2.29. The van der Waals surface area contributed by atoms with Crippen LogP contribution >= 0.6 is 0 Å². The van der Waals surface area contributed by atoms with Gasteiger partial charge in [-0.15, -0.1) is 0 Å². The Kier molecular flexibility index (Phi) is 9.67. The number of carbonyl (C=O) groups is 3. The lowest BCUT2D eigenvalue weighted by molar-refractivity contribution is -0.135. The quantitative estimate of drug-likeness (QED) is 0.194. The molecular formula is C41H45N11O4. The Bertz CT molecular complexity index is 2280. The number of rotatable bonds is 8. The topological polar surface area (TPSA) is 163 Å². The Hall–Kier alpha value is -6.09. The molecule has 3 aromatic heterocycles. The van der Waals surface area contributed by atoms with Crippen molar-refractivity contribution < 1.29 is 19.1 Å². The van der Waals surface area contributed by atoms with E-state index in [0.29, 0.717) is 56.7 Å². The molecule has 0 aliphatic carbocycles. The van der Waals surface area contributed by atoms with Crippen molar-refractivity contribution in [2.75, 3.05) is 74.5 Å². The van der Waals surface area contributed by atoms with Crippen molar-refractivity contribution in [3.63, 3.8) is 0 Å². The third-order valence-electron chi connectivity index (χ3n) is 11.5. The predicted molar refractivity (Wildman–Crippen MR) is 212 cm³/mol. The molecule has 15 heteroatoms. The van der Waals surface area contributed by atoms with Crippen LogP contribution in [0.15, 0.2) is 67.1 Å². The molecule has 0 radical (unpaired) electrons. The maximum Gasteiger partial charge on any atom is 0.237 e. The molecule has 56 heavy (non-hydrogen) atoms. The number of likely N-dealkylation sites (tertiary alicyclic amines) is 1. The van der Waals surface area contributed by atoms with Gasteiger partial charge in [-0.25, -0.2) is 15.0 Å². The molecular weight excluding hydrogens is 711 g/mol. The van der Waals surface area contributed by atoms with Crippen molar-refractivity contribution in [1.29, 1.82) is 0 Å². The summed E-state index contributed by atoms with van der Waals surface area (Å²) >= 11 is 0. The molecule has 2 aromatic carbocycles. The van der Waals surface area contributed by atoms with Gasteiger partial charge < -0.3 is 25.2 Å². The minimum absolute atomic E-state index is 0.175. The summed E-state index contributed by atoms with van der Waals surface area (Å²) in [5.41, 5.74) is 6.93. The Morgan fingerprint density at radius 2 is 1.77 bits per heavy atom. The normalized spacial score (nSPS) is 19.3. The van der Waals surface area contributed by atoms with Gasteiger partial charge in [-0.1, -0.05) is 24.3 Å². The summed E-state index contributed by atoms with van der Waals surface area (Å²) in [5.74, 6) is 1.27. The summed E-state index contributed by atoms with van der Waals surface area (Å²) in [4.78, 5) is 57.6. The molecule has 3 saturated heterocycles. The first-order valence-corrected chi connectivity index (χ1v) is 19.5. The molecule has 1 unspecified atom stereocenters. The Morgan fingerprint density at radius 3 is 2.57 bits per heavy atom. The fourth-order valence-corrected chi connectivity index (χ4v) is 8.25. The standard InChI is InChI=1S/C41H45N11O4/c1-26-33(24-43-40-38(26)42-13-21-56-40)28-2-3-29-23-44-41(45-34(29)22-28)46-35-12-16-52(48-35)31-10-14-51(15-11-31)37(54)25-49-17-19-50(20-18-49)30-6-4-27(5-7-30)32-8-9-36(53)47-39(32)55/h2-7,12,16,22-24,31-32,42H,8-11,13-15,17-21,25H2,1H3,(H,47,53,55)(H,44,45,46,48). The summed E-state index contributed by atoms with van der Waals surface area (Å²) in [6.07, 6.45) is 8.25. The zero-order chi connectivity index (χ0) is 38.2. The molecule has 5 aromatic rings. The first-order chi connectivity index (χ1) is 27.3. The van der Waals surface area contributed by atoms with Gasteiger partial charge in [0.15, 0.2) is 5.82 Å². The largest absolute Gasteiger partial charge is 0.474 e. The number of fused-ring (bicyclic) bond motifs is 2. The predicted octanol–water partition coefficient (Wildman–Crippen LogP) is 4.25. The number of piperidine rings is 2. The second kappa shape index (κ2) is 15.2. The van der Waals surface area contributed by atoms with Crippen molar-refractivity contribution in [2.24, 2.45) is 0 Å². The summed E-state index contributed by atoms with van der Waals surface area (Å²) in [5, 5.41) is 14.9. The molecule has 0 bridgehead atoms. The molecule has 4 aliphatic heterocycles. The van der Waals surface area contributed by atoms with Gasteiger partial charge in [0.1, 0.15) is 12.3 Å². The van der Waals surface area contributed by atoms with Crippen LogP contribution in [0, 0.1) is 6.92 Å². The fourth-order valence-electron chi connectivity index (χ4n) is 8.25. The summed E-state index contributed by atoms with van der Waals surface area (Å²) in [6, 6.07) is 16.4. The number of benzene rings is 2. The SMILES string of the molecule is Cc1c(-c2ccc3cnc(Nc4ccn(C5CCN(C(=O)CN6CCN(c7ccc(C8CCC(=O)NC8=O)cc7)CC6)CC5)n4)nc3c2)cnc2c1NCCO2. The van der Waals surface area contributed by atoms with E-state index in [4.69, 9.17) is 14.8 Å². The average molecular weight is 756 g/mol. The van der Waals surface area contributed by atoms with Crippen molar-refractivity contribution in [1.82, 2.24) is 39.8 Å². The molecule has 4 aliphatic rings. The van der Waals surface area contributed by atoms with E-state index in [-0.39, 0.29) is 29.7 Å². The van der Waals surface area contributed by atoms with Gasteiger partial charge in [0.2, 0.25) is 29.5 Å². The molecule has 1 atom stereocenters. The number of amides is 3. The number of ether oxygens (including phenoxy) is 1. The molecule has 9 rings (SSSR count). The maximum atomic E-state index is 13.3. The van der Waals surface area contributed by atoms with E-state index in [9.17, 15) is 14.4 Å². The van der Waals surface area contributed by atoms with E-state index in [1.54, 1.807) is 0 Å². The number of pyridine rings is 1. The van der Waals surface area contributed by atoms with Crippen molar-refractivity contribution in [2.45, 2.75) is 44.6 Å². The lowest BCUT2D eigenvalue weighted by Gasteiger charge is -2.38. The number of aromatic nitrogens is 5. The third kappa shape index (κ3) is 7.33. The molecule has 3 fully saturated rings. The number of hydrogen-bond donors (Lipinski definition) is 3. The number of nitrogens with one attached hydrogen (secondary N) is 3. The van der Waals surface area contributed by atoms with E-state index >= 15 is 0 Å². The van der Waals surface area contributed by atoms with Crippen molar-refractivity contribution in [3.8, 4) is 17.0 Å². The first-order valence-electron chi connectivity index (χ1n) is 19.5. The third-order valence-corrected chi connectivity index (χ3v) is 11.5. The summed E-state index contributed by atoms with van der Waals surface area (Å²) < 4.78 is 7.70. The molecule has 288 valence electrons. The van der Waals surface area contributed by atoms with Gasteiger partial charge in [0.25, 0.3) is 0 Å². The average Bonchev–Trinajstić information content (AvgIpc) is 3.70. The highest BCUT2D eigenvalue weighted by Crippen LogP contribution is 2.36. The van der Waals surface area contributed by atoms with Gasteiger partial charge in [0, 0.05) is 93.5 Å². The number of hydrogen-bond acceptors (Lipinski definition) is 12. The van der Waals surface area contributed by atoms with Gasteiger partial charge in [-0.2, -0.15) is 5.10 Å². The maximum absolute atomic E-state index is 13.3. The highest BCUT2D eigenvalue weighted by molar-refractivity contribution is 6.01. The molecule has 0 spiro atoms. The van der Waals surface area contributed by atoms with Gasteiger partial charge >= 0.3 is 0 Å². The van der Waals surface area contributed by atoms with Crippen LogP contribution < -0.4 is 25.6 Å². The van der Waals surface area contributed by atoms with Gasteiger partial charge in [-0.3, -0.25) is 29.3 Å². The molecule has 3 N–H and O–H groups in total. The number of anilines is 4. The van der Waals surface area contributed by atoms with E-state index in [1.807, 2.05) is 52.4 Å². The van der Waals surface area contributed by atoms with Crippen LogP contribution in [0.4, 0.5) is 23.1 Å². The van der Waals surface area contributed by atoms with Crippen LogP contribution in [-0.4, -0.2) is 111 Å². The molecule has 3 amide bonds. The van der Waals surface area contributed by atoms with Gasteiger partial charge in [0.05, 0.1) is 24.0 Å². The molecule has 15 nitrogen and oxygen atoms in total. The van der Waals surface area contributed by atoms with Crippen LogP contribution in [-0.2, 0) is 14.4 Å². The smallest absolute Gasteiger partial charge is 0.237 e.